The second-order valence-corrected chi connectivity index (χ2v) is 4.32. The Balaban J connectivity index is 2.34. The van der Waals surface area contributed by atoms with Crippen molar-refractivity contribution in [2.45, 2.75) is 13.5 Å². The largest absolute Gasteiger partial charge is 0.326 e. The Bertz CT molecular complexity index is 417. The molecule has 0 saturated heterocycles. The number of hydrogen-bond donors (Lipinski definition) is 1. The molecule has 1 aromatic carbocycles. The zero-order valence-electron chi connectivity index (χ0n) is 8.03. The lowest BCUT2D eigenvalue weighted by atomic mass is 10.2. The van der Waals surface area contributed by atoms with Crippen LogP contribution in [0.25, 0.3) is 10.6 Å². The summed E-state index contributed by atoms with van der Waals surface area (Å²) in [5.41, 5.74) is 7.97. The van der Waals surface area contributed by atoms with Crippen LogP contribution in [0.3, 0.4) is 0 Å². The van der Waals surface area contributed by atoms with Gasteiger partial charge in [-0.2, -0.15) is 0 Å². The molecule has 2 rings (SSSR count). The average molecular weight is 204 g/mol. The zero-order valence-corrected chi connectivity index (χ0v) is 8.84. The second-order valence-electron chi connectivity index (χ2n) is 3.20. The van der Waals surface area contributed by atoms with Crippen molar-refractivity contribution < 1.29 is 0 Å². The fraction of sp³-hybridized carbons (Fsp3) is 0.182. The van der Waals surface area contributed by atoms with Crippen molar-refractivity contribution in [3.05, 3.63) is 40.9 Å². The van der Waals surface area contributed by atoms with E-state index >= 15 is 0 Å². The lowest BCUT2D eigenvalue weighted by molar-refractivity contribution is 1.10. The molecule has 2 N–H and O–H groups in total. The molecule has 0 saturated carbocycles. The normalized spacial score (nSPS) is 10.4. The minimum absolute atomic E-state index is 0.573. The maximum absolute atomic E-state index is 5.54. The molecule has 0 aliphatic heterocycles. The smallest absolute Gasteiger partial charge is 0.123 e. The van der Waals surface area contributed by atoms with Gasteiger partial charge in [0, 0.05) is 23.2 Å². The highest BCUT2D eigenvalue weighted by Gasteiger charge is 2.02. The maximum Gasteiger partial charge on any atom is 0.123 e. The van der Waals surface area contributed by atoms with Crippen molar-refractivity contribution in [2.75, 3.05) is 0 Å². The number of nitrogens with zero attached hydrogens (tertiary/aromatic N) is 1. The highest BCUT2D eigenvalue weighted by molar-refractivity contribution is 7.15. The average Bonchev–Trinajstić information content (AvgIpc) is 2.67. The molecule has 0 amide bonds. The van der Waals surface area contributed by atoms with E-state index in [9.17, 15) is 0 Å². The molecular formula is C11H12N2S. The molecule has 1 aromatic heterocycles. The van der Waals surface area contributed by atoms with Crippen LogP contribution in [-0.2, 0) is 6.54 Å². The zero-order chi connectivity index (χ0) is 9.97. The molecule has 0 aliphatic rings. The Morgan fingerprint density at radius 2 is 2.00 bits per heavy atom. The molecule has 0 atom stereocenters. The van der Waals surface area contributed by atoms with Crippen LogP contribution >= 0.6 is 11.3 Å². The Morgan fingerprint density at radius 1 is 1.29 bits per heavy atom. The van der Waals surface area contributed by atoms with Gasteiger partial charge in [-0.25, -0.2) is 4.98 Å². The predicted molar refractivity (Wildman–Crippen MR) is 60.2 cm³/mol. The first-order chi connectivity index (χ1) is 6.79. The third-order valence-corrected chi connectivity index (χ3v) is 3.12. The number of thiazole rings is 1. The van der Waals surface area contributed by atoms with Gasteiger partial charge in [0.1, 0.15) is 5.01 Å². The van der Waals surface area contributed by atoms with Crippen molar-refractivity contribution in [3.63, 3.8) is 0 Å². The molecular weight excluding hydrogens is 192 g/mol. The van der Waals surface area contributed by atoms with Gasteiger partial charge in [-0.3, -0.25) is 0 Å². The highest BCUT2D eigenvalue weighted by Crippen LogP contribution is 2.24. The number of aryl methyl sites for hydroxylation is 1. The van der Waals surface area contributed by atoms with Crippen LogP contribution in [0.15, 0.2) is 30.5 Å². The van der Waals surface area contributed by atoms with Crippen LogP contribution in [-0.4, -0.2) is 4.98 Å². The quantitative estimate of drug-likeness (QED) is 0.816. The molecule has 0 bridgehead atoms. The first kappa shape index (κ1) is 9.37. The summed E-state index contributed by atoms with van der Waals surface area (Å²) in [6.07, 6.45) is 1.85. The molecule has 2 aromatic rings. The van der Waals surface area contributed by atoms with Gasteiger partial charge >= 0.3 is 0 Å². The molecule has 0 aliphatic carbocycles. The number of rotatable bonds is 2. The molecule has 0 fully saturated rings. The van der Waals surface area contributed by atoms with Gasteiger partial charge < -0.3 is 5.73 Å². The lowest BCUT2D eigenvalue weighted by Crippen LogP contribution is -1.91. The predicted octanol–water partition coefficient (Wildman–Crippen LogP) is 2.58. The van der Waals surface area contributed by atoms with E-state index in [0.717, 1.165) is 9.88 Å². The summed E-state index contributed by atoms with van der Waals surface area (Å²) in [6.45, 7) is 2.65. The second kappa shape index (κ2) is 3.90. The first-order valence-electron chi connectivity index (χ1n) is 4.51. The van der Waals surface area contributed by atoms with Crippen molar-refractivity contribution >= 4 is 11.3 Å². The Morgan fingerprint density at radius 3 is 2.57 bits per heavy atom. The molecule has 1 heterocycles. The van der Waals surface area contributed by atoms with Gasteiger partial charge in [0.15, 0.2) is 0 Å². The van der Waals surface area contributed by atoms with Gasteiger partial charge in [-0.05, 0) is 6.92 Å². The minimum Gasteiger partial charge on any atom is -0.326 e. The first-order valence-corrected chi connectivity index (χ1v) is 5.33. The van der Waals surface area contributed by atoms with E-state index in [1.165, 1.54) is 11.1 Å². The SMILES string of the molecule is Cc1ccc(-c2ncc(CN)s2)cc1. The van der Waals surface area contributed by atoms with Crippen LogP contribution in [0.2, 0.25) is 0 Å². The van der Waals surface area contributed by atoms with Crippen LogP contribution < -0.4 is 5.73 Å². The summed E-state index contributed by atoms with van der Waals surface area (Å²) < 4.78 is 0. The van der Waals surface area contributed by atoms with E-state index in [2.05, 4.69) is 36.2 Å². The lowest BCUT2D eigenvalue weighted by Gasteiger charge is -1.96. The molecule has 0 unspecified atom stereocenters. The van der Waals surface area contributed by atoms with E-state index in [4.69, 9.17) is 5.73 Å². The summed E-state index contributed by atoms with van der Waals surface area (Å²) in [7, 11) is 0. The number of nitrogens with two attached hydrogens (primary N) is 1. The summed E-state index contributed by atoms with van der Waals surface area (Å²) in [5, 5.41) is 1.05. The Kier molecular flexibility index (Phi) is 2.61. The fourth-order valence-corrected chi connectivity index (χ4v) is 2.03. The van der Waals surface area contributed by atoms with E-state index in [0.29, 0.717) is 6.54 Å². The van der Waals surface area contributed by atoms with Crippen LogP contribution in [0.4, 0.5) is 0 Å². The van der Waals surface area contributed by atoms with E-state index in [-0.39, 0.29) is 0 Å². The Labute approximate surface area is 87.4 Å². The highest BCUT2D eigenvalue weighted by atomic mass is 32.1. The molecule has 3 heteroatoms. The van der Waals surface area contributed by atoms with Gasteiger partial charge in [-0.1, -0.05) is 29.8 Å². The van der Waals surface area contributed by atoms with Gasteiger partial charge in [0.05, 0.1) is 0 Å². The molecule has 0 radical (unpaired) electrons. The summed E-state index contributed by atoms with van der Waals surface area (Å²) in [5.74, 6) is 0. The molecule has 0 spiro atoms. The van der Waals surface area contributed by atoms with Gasteiger partial charge in [0.25, 0.3) is 0 Å². The maximum atomic E-state index is 5.54. The van der Waals surface area contributed by atoms with Crippen LogP contribution in [0.5, 0.6) is 0 Å². The van der Waals surface area contributed by atoms with E-state index in [1.54, 1.807) is 11.3 Å². The van der Waals surface area contributed by atoms with Crippen LogP contribution in [0.1, 0.15) is 10.4 Å². The standard InChI is InChI=1S/C11H12N2S/c1-8-2-4-9(5-3-8)11-13-7-10(6-12)14-11/h2-5,7H,6,12H2,1H3. The monoisotopic (exact) mass is 204 g/mol. The number of aromatic nitrogens is 1. The third kappa shape index (κ3) is 1.84. The van der Waals surface area contributed by atoms with E-state index < -0.39 is 0 Å². The number of benzene rings is 1. The molecule has 72 valence electrons. The van der Waals surface area contributed by atoms with Crippen LogP contribution in [0, 0.1) is 6.92 Å². The number of hydrogen-bond acceptors (Lipinski definition) is 3. The third-order valence-electron chi connectivity index (χ3n) is 2.05. The minimum atomic E-state index is 0.573. The summed E-state index contributed by atoms with van der Waals surface area (Å²) in [6, 6.07) is 8.38. The Hall–Kier alpha value is -1.19. The van der Waals surface area contributed by atoms with Gasteiger partial charge in [0.2, 0.25) is 0 Å². The van der Waals surface area contributed by atoms with Crippen molar-refractivity contribution in [2.24, 2.45) is 5.73 Å². The molecule has 14 heavy (non-hydrogen) atoms. The van der Waals surface area contributed by atoms with Crippen molar-refractivity contribution in [1.82, 2.24) is 4.98 Å². The summed E-state index contributed by atoms with van der Waals surface area (Å²) in [4.78, 5) is 5.45. The van der Waals surface area contributed by atoms with E-state index in [1.807, 2.05) is 6.20 Å². The fourth-order valence-electron chi connectivity index (χ4n) is 1.23. The topological polar surface area (TPSA) is 38.9 Å². The van der Waals surface area contributed by atoms with Crippen molar-refractivity contribution in [1.29, 1.82) is 0 Å². The van der Waals surface area contributed by atoms with Gasteiger partial charge in [-0.15, -0.1) is 11.3 Å². The molecule has 2 nitrogen and oxygen atoms in total. The van der Waals surface area contributed by atoms with Crippen molar-refractivity contribution in [3.8, 4) is 10.6 Å². The summed E-state index contributed by atoms with van der Waals surface area (Å²) >= 11 is 1.66.